The van der Waals surface area contributed by atoms with Crippen molar-refractivity contribution in [2.24, 2.45) is 0 Å². The fourth-order valence-electron chi connectivity index (χ4n) is 2.69. The number of hydrogen-bond acceptors (Lipinski definition) is 3. The molecule has 0 heterocycles. The van der Waals surface area contributed by atoms with E-state index >= 15 is 0 Å². The van der Waals surface area contributed by atoms with Crippen LogP contribution < -0.4 is 10.6 Å². The Labute approximate surface area is 146 Å². The van der Waals surface area contributed by atoms with Gasteiger partial charge in [0.15, 0.2) is 5.78 Å². The van der Waals surface area contributed by atoms with Gasteiger partial charge in [0.2, 0.25) is 5.91 Å². The molecule has 1 atom stereocenters. The van der Waals surface area contributed by atoms with Crippen LogP contribution in [0.4, 0.5) is 11.4 Å². The van der Waals surface area contributed by atoms with Crippen molar-refractivity contribution >= 4 is 33.8 Å². The average molecular weight is 332 g/mol. The minimum atomic E-state index is -0.404. The number of ketones is 1. The first-order valence-corrected chi connectivity index (χ1v) is 8.21. The molecule has 0 bridgehead atoms. The number of carbonyl (C=O) groups is 2. The minimum absolute atomic E-state index is 0.00358. The number of fused-ring (bicyclic) bond motifs is 1. The van der Waals surface area contributed by atoms with Crippen molar-refractivity contribution in [1.82, 2.24) is 0 Å². The van der Waals surface area contributed by atoms with Gasteiger partial charge in [-0.2, -0.15) is 0 Å². The molecule has 0 aliphatic rings. The van der Waals surface area contributed by atoms with Gasteiger partial charge in [-0.3, -0.25) is 9.59 Å². The van der Waals surface area contributed by atoms with Gasteiger partial charge in [0.25, 0.3) is 0 Å². The maximum atomic E-state index is 12.4. The number of rotatable bonds is 5. The predicted octanol–water partition coefficient (Wildman–Crippen LogP) is 4.48. The lowest BCUT2D eigenvalue weighted by Gasteiger charge is -2.17. The lowest BCUT2D eigenvalue weighted by atomic mass is 10.1. The second-order valence-corrected chi connectivity index (χ2v) is 6.02. The van der Waals surface area contributed by atoms with Crippen molar-refractivity contribution in [2.45, 2.75) is 19.9 Å². The Balaban J connectivity index is 1.71. The van der Waals surface area contributed by atoms with Crippen LogP contribution in [0, 0.1) is 0 Å². The van der Waals surface area contributed by atoms with Crippen LogP contribution in [0.5, 0.6) is 0 Å². The van der Waals surface area contributed by atoms with E-state index in [4.69, 9.17) is 0 Å². The second kappa shape index (κ2) is 7.18. The molecular weight excluding hydrogens is 312 g/mol. The highest BCUT2D eigenvalue weighted by Crippen LogP contribution is 2.23. The van der Waals surface area contributed by atoms with Gasteiger partial charge in [0, 0.05) is 22.3 Å². The van der Waals surface area contributed by atoms with E-state index in [1.54, 1.807) is 24.3 Å². The smallest absolute Gasteiger partial charge is 0.246 e. The first-order chi connectivity index (χ1) is 12.0. The summed E-state index contributed by atoms with van der Waals surface area (Å²) in [7, 11) is 0. The molecule has 126 valence electrons. The Morgan fingerprint density at radius 1 is 0.880 bits per heavy atom. The highest BCUT2D eigenvalue weighted by molar-refractivity contribution is 6.00. The van der Waals surface area contributed by atoms with E-state index in [0.717, 1.165) is 16.5 Å². The third-order valence-corrected chi connectivity index (χ3v) is 4.11. The zero-order chi connectivity index (χ0) is 17.8. The summed E-state index contributed by atoms with van der Waals surface area (Å²) in [5.41, 5.74) is 2.22. The van der Waals surface area contributed by atoms with Gasteiger partial charge >= 0.3 is 0 Å². The Morgan fingerprint density at radius 3 is 2.28 bits per heavy atom. The Hall–Kier alpha value is -3.14. The number of amides is 1. The molecule has 25 heavy (non-hydrogen) atoms. The van der Waals surface area contributed by atoms with Crippen molar-refractivity contribution in [3.05, 3.63) is 72.3 Å². The Morgan fingerprint density at radius 2 is 1.56 bits per heavy atom. The monoisotopic (exact) mass is 332 g/mol. The summed E-state index contributed by atoms with van der Waals surface area (Å²) in [5, 5.41) is 8.34. The number of nitrogens with one attached hydrogen (secondary N) is 2. The summed E-state index contributed by atoms with van der Waals surface area (Å²) < 4.78 is 0. The minimum Gasteiger partial charge on any atom is -0.373 e. The number of carbonyl (C=O) groups excluding carboxylic acids is 2. The normalized spacial score (nSPS) is 11.8. The van der Waals surface area contributed by atoms with E-state index in [9.17, 15) is 9.59 Å². The number of Topliss-reactive ketones (excluding diaryl/α,β-unsaturated/α-hetero) is 1. The quantitative estimate of drug-likeness (QED) is 0.677. The third kappa shape index (κ3) is 3.86. The maximum absolute atomic E-state index is 12.4. The van der Waals surface area contributed by atoms with E-state index in [0.29, 0.717) is 11.3 Å². The highest BCUT2D eigenvalue weighted by Gasteiger charge is 2.14. The topological polar surface area (TPSA) is 58.2 Å². The van der Waals surface area contributed by atoms with E-state index in [1.165, 1.54) is 6.92 Å². The molecule has 4 heteroatoms. The van der Waals surface area contributed by atoms with Gasteiger partial charge < -0.3 is 10.6 Å². The highest BCUT2D eigenvalue weighted by atomic mass is 16.2. The van der Waals surface area contributed by atoms with Crippen LogP contribution in [0.25, 0.3) is 10.8 Å². The summed E-state index contributed by atoms with van der Waals surface area (Å²) in [6, 6.07) is 20.5. The molecule has 4 nitrogen and oxygen atoms in total. The molecular formula is C21H20N2O2. The molecule has 3 aromatic carbocycles. The largest absolute Gasteiger partial charge is 0.373 e. The zero-order valence-electron chi connectivity index (χ0n) is 14.2. The zero-order valence-corrected chi connectivity index (χ0v) is 14.2. The van der Waals surface area contributed by atoms with E-state index < -0.39 is 6.04 Å². The molecule has 2 N–H and O–H groups in total. The number of benzene rings is 3. The molecule has 0 spiro atoms. The van der Waals surface area contributed by atoms with Crippen LogP contribution >= 0.6 is 0 Å². The van der Waals surface area contributed by atoms with Crippen LogP contribution in [0.15, 0.2) is 66.7 Å². The molecule has 3 rings (SSSR count). The average Bonchev–Trinajstić information content (AvgIpc) is 2.62. The van der Waals surface area contributed by atoms with Crippen LogP contribution in [0.2, 0.25) is 0 Å². The number of hydrogen-bond donors (Lipinski definition) is 2. The van der Waals surface area contributed by atoms with Crippen LogP contribution in [0.3, 0.4) is 0 Å². The van der Waals surface area contributed by atoms with Crippen molar-refractivity contribution in [3.8, 4) is 0 Å². The third-order valence-electron chi connectivity index (χ3n) is 4.11. The number of anilines is 2. The summed E-state index contributed by atoms with van der Waals surface area (Å²) in [5.74, 6) is -0.132. The van der Waals surface area contributed by atoms with Gasteiger partial charge in [-0.05, 0) is 49.6 Å². The summed E-state index contributed by atoms with van der Waals surface area (Å²) in [6.07, 6.45) is 0. The molecule has 0 aliphatic heterocycles. The van der Waals surface area contributed by atoms with E-state index in [2.05, 4.69) is 10.6 Å². The molecule has 3 aromatic rings. The fraction of sp³-hybridized carbons (Fsp3) is 0.143. The molecule has 0 saturated heterocycles. The van der Waals surface area contributed by atoms with Crippen molar-refractivity contribution in [3.63, 3.8) is 0 Å². The Bertz CT molecular complexity index is 911. The van der Waals surface area contributed by atoms with Crippen LogP contribution in [-0.2, 0) is 4.79 Å². The van der Waals surface area contributed by atoms with Crippen LogP contribution in [-0.4, -0.2) is 17.7 Å². The standard InChI is InChI=1S/C21H20N2O2/c1-14(21(25)23-18-12-10-16(11-13-18)15(2)24)22-20-9-5-7-17-6-3-4-8-19(17)20/h3-14,22H,1-2H3,(H,23,25)/t14-/m1/s1. The molecule has 0 saturated carbocycles. The maximum Gasteiger partial charge on any atom is 0.246 e. The molecule has 0 aliphatic carbocycles. The van der Waals surface area contributed by atoms with Crippen molar-refractivity contribution < 1.29 is 9.59 Å². The van der Waals surface area contributed by atoms with E-state index in [-0.39, 0.29) is 11.7 Å². The van der Waals surface area contributed by atoms with Crippen molar-refractivity contribution in [2.75, 3.05) is 10.6 Å². The van der Waals surface area contributed by atoms with Gasteiger partial charge in [-0.1, -0.05) is 36.4 Å². The first kappa shape index (κ1) is 16.7. The SMILES string of the molecule is CC(=O)c1ccc(NC(=O)[C@@H](C)Nc2cccc3ccccc23)cc1. The van der Waals surface area contributed by atoms with Gasteiger partial charge in [0.05, 0.1) is 0 Å². The lowest BCUT2D eigenvalue weighted by molar-refractivity contribution is -0.116. The molecule has 0 fully saturated rings. The molecule has 1 amide bonds. The summed E-state index contributed by atoms with van der Waals surface area (Å²) in [4.78, 5) is 23.7. The second-order valence-electron chi connectivity index (χ2n) is 6.02. The molecule has 0 aromatic heterocycles. The van der Waals surface area contributed by atoms with E-state index in [1.807, 2.05) is 49.4 Å². The van der Waals surface area contributed by atoms with Crippen LogP contribution in [0.1, 0.15) is 24.2 Å². The Kier molecular flexibility index (Phi) is 4.80. The predicted molar refractivity (Wildman–Crippen MR) is 102 cm³/mol. The summed E-state index contributed by atoms with van der Waals surface area (Å²) >= 11 is 0. The van der Waals surface area contributed by atoms with Gasteiger partial charge in [0.1, 0.15) is 6.04 Å². The van der Waals surface area contributed by atoms with Gasteiger partial charge in [-0.25, -0.2) is 0 Å². The summed E-state index contributed by atoms with van der Waals surface area (Å²) in [6.45, 7) is 3.34. The van der Waals surface area contributed by atoms with Crippen molar-refractivity contribution in [1.29, 1.82) is 0 Å². The molecule has 0 radical (unpaired) electrons. The molecule has 0 unspecified atom stereocenters. The first-order valence-electron chi connectivity index (χ1n) is 8.21. The fourth-order valence-corrected chi connectivity index (χ4v) is 2.69. The lowest BCUT2D eigenvalue weighted by Crippen LogP contribution is -2.31. The van der Waals surface area contributed by atoms with Gasteiger partial charge in [-0.15, -0.1) is 0 Å².